The molecule has 1 aliphatic rings. The molecule has 2 rings (SSSR count). The highest BCUT2D eigenvalue weighted by Crippen LogP contribution is 2.19. The monoisotopic (exact) mass is 251 g/mol. The van der Waals surface area contributed by atoms with E-state index in [0.29, 0.717) is 6.42 Å². The Morgan fingerprint density at radius 3 is 2.78 bits per heavy atom. The van der Waals surface area contributed by atoms with Crippen LogP contribution >= 0.6 is 0 Å². The Bertz CT molecular complexity index is 392. The molecule has 1 atom stereocenters. The number of aliphatic hydroxyl groups is 2. The number of rotatable bonds is 4. The van der Waals surface area contributed by atoms with Gasteiger partial charge in [-0.15, -0.1) is 0 Å². The van der Waals surface area contributed by atoms with E-state index < -0.39 is 6.10 Å². The van der Waals surface area contributed by atoms with Crippen molar-refractivity contribution in [2.24, 2.45) is 0 Å². The summed E-state index contributed by atoms with van der Waals surface area (Å²) in [6, 6.07) is 2.04. The van der Waals surface area contributed by atoms with E-state index in [9.17, 15) is 5.11 Å². The van der Waals surface area contributed by atoms with Crippen LogP contribution in [0.2, 0.25) is 0 Å². The Morgan fingerprint density at radius 2 is 2.17 bits per heavy atom. The molecule has 0 amide bonds. The lowest BCUT2D eigenvalue weighted by atomic mass is 10.1. The van der Waals surface area contributed by atoms with E-state index in [4.69, 9.17) is 5.11 Å². The Labute approximate surface area is 107 Å². The number of hydrogen-bond donors (Lipinski definition) is 3. The predicted octanol–water partition coefficient (Wildman–Crippen LogP) is -0.305. The zero-order valence-electron chi connectivity index (χ0n) is 10.8. The molecule has 18 heavy (non-hydrogen) atoms. The quantitative estimate of drug-likeness (QED) is 0.685. The standard InChI is InChI=1S/C13H21N3O2/c1-10-6-11(7-12(18)9-17)8-15-13(10)16-4-2-14-3-5-16/h6,8,12,14,17-18H,2-5,7,9H2,1H3. The molecule has 3 N–H and O–H groups in total. The number of nitrogens with one attached hydrogen (secondary N) is 1. The molecule has 0 bridgehead atoms. The fourth-order valence-corrected chi connectivity index (χ4v) is 2.28. The highest BCUT2D eigenvalue weighted by molar-refractivity contribution is 5.47. The van der Waals surface area contributed by atoms with E-state index in [1.165, 1.54) is 0 Å². The van der Waals surface area contributed by atoms with Crippen molar-refractivity contribution in [2.45, 2.75) is 19.4 Å². The van der Waals surface area contributed by atoms with Crippen molar-refractivity contribution in [2.75, 3.05) is 37.7 Å². The molecule has 0 saturated carbocycles. The molecular formula is C13H21N3O2. The van der Waals surface area contributed by atoms with E-state index in [1.54, 1.807) is 6.20 Å². The molecule has 5 heteroatoms. The van der Waals surface area contributed by atoms with Crippen LogP contribution in [-0.2, 0) is 6.42 Å². The van der Waals surface area contributed by atoms with Crippen LogP contribution in [-0.4, -0.2) is 54.1 Å². The van der Waals surface area contributed by atoms with Gasteiger partial charge < -0.3 is 20.4 Å². The maximum atomic E-state index is 9.42. The van der Waals surface area contributed by atoms with Gasteiger partial charge in [0.1, 0.15) is 5.82 Å². The molecule has 1 aromatic heterocycles. The Hall–Kier alpha value is -1.17. The Balaban J connectivity index is 2.09. The van der Waals surface area contributed by atoms with Gasteiger partial charge in [0.15, 0.2) is 0 Å². The van der Waals surface area contributed by atoms with Gasteiger partial charge in [-0.2, -0.15) is 0 Å². The zero-order chi connectivity index (χ0) is 13.0. The average molecular weight is 251 g/mol. The SMILES string of the molecule is Cc1cc(CC(O)CO)cnc1N1CCNCC1. The minimum atomic E-state index is -0.698. The molecule has 0 aliphatic carbocycles. The van der Waals surface area contributed by atoms with E-state index in [-0.39, 0.29) is 6.61 Å². The Morgan fingerprint density at radius 1 is 1.44 bits per heavy atom. The van der Waals surface area contributed by atoms with Gasteiger partial charge in [-0.1, -0.05) is 6.07 Å². The van der Waals surface area contributed by atoms with Crippen LogP contribution in [0.5, 0.6) is 0 Å². The molecular weight excluding hydrogens is 230 g/mol. The Kier molecular flexibility index (Phi) is 4.52. The molecule has 1 saturated heterocycles. The molecule has 1 aromatic rings. The van der Waals surface area contributed by atoms with Crippen LogP contribution in [0.3, 0.4) is 0 Å². The molecule has 100 valence electrons. The lowest BCUT2D eigenvalue weighted by molar-refractivity contribution is 0.0954. The van der Waals surface area contributed by atoms with Gasteiger partial charge in [-0.3, -0.25) is 0 Å². The second-order valence-electron chi connectivity index (χ2n) is 4.76. The number of aliphatic hydroxyl groups excluding tert-OH is 2. The van der Waals surface area contributed by atoms with Gasteiger partial charge in [0.05, 0.1) is 12.7 Å². The first-order chi connectivity index (χ1) is 8.70. The summed E-state index contributed by atoms with van der Waals surface area (Å²) < 4.78 is 0. The van der Waals surface area contributed by atoms with Crippen LogP contribution in [0, 0.1) is 6.92 Å². The topological polar surface area (TPSA) is 68.6 Å². The molecule has 0 radical (unpaired) electrons. The van der Waals surface area contributed by atoms with Crippen LogP contribution in [0.25, 0.3) is 0 Å². The summed E-state index contributed by atoms with van der Waals surface area (Å²) in [4.78, 5) is 6.77. The van der Waals surface area contributed by atoms with Crippen LogP contribution < -0.4 is 10.2 Å². The maximum absolute atomic E-state index is 9.42. The summed E-state index contributed by atoms with van der Waals surface area (Å²) in [7, 11) is 0. The average Bonchev–Trinajstić information content (AvgIpc) is 2.40. The number of nitrogens with zero attached hydrogens (tertiary/aromatic N) is 2. The zero-order valence-corrected chi connectivity index (χ0v) is 10.8. The third-order valence-corrected chi connectivity index (χ3v) is 3.21. The van der Waals surface area contributed by atoms with E-state index >= 15 is 0 Å². The second kappa shape index (κ2) is 6.13. The van der Waals surface area contributed by atoms with Crippen molar-refractivity contribution < 1.29 is 10.2 Å². The highest BCUT2D eigenvalue weighted by atomic mass is 16.3. The highest BCUT2D eigenvalue weighted by Gasteiger charge is 2.14. The van der Waals surface area contributed by atoms with Gasteiger partial charge in [-0.05, 0) is 18.1 Å². The summed E-state index contributed by atoms with van der Waals surface area (Å²) >= 11 is 0. The third kappa shape index (κ3) is 3.19. The first kappa shape index (κ1) is 13.3. The number of anilines is 1. The molecule has 1 unspecified atom stereocenters. The summed E-state index contributed by atoms with van der Waals surface area (Å²) in [5.41, 5.74) is 2.09. The van der Waals surface area contributed by atoms with Gasteiger partial charge in [0.2, 0.25) is 0 Å². The molecule has 0 aromatic carbocycles. The molecule has 0 spiro atoms. The van der Waals surface area contributed by atoms with Crippen LogP contribution in [0.4, 0.5) is 5.82 Å². The lowest BCUT2D eigenvalue weighted by Crippen LogP contribution is -2.44. The van der Waals surface area contributed by atoms with Crippen LogP contribution in [0.1, 0.15) is 11.1 Å². The van der Waals surface area contributed by atoms with Crippen molar-refractivity contribution in [3.63, 3.8) is 0 Å². The van der Waals surface area contributed by atoms with E-state index in [1.807, 2.05) is 13.0 Å². The smallest absolute Gasteiger partial charge is 0.131 e. The number of piperazine rings is 1. The van der Waals surface area contributed by atoms with Crippen molar-refractivity contribution in [3.8, 4) is 0 Å². The van der Waals surface area contributed by atoms with Crippen molar-refractivity contribution in [3.05, 3.63) is 23.4 Å². The van der Waals surface area contributed by atoms with E-state index in [0.717, 1.165) is 43.1 Å². The number of pyridine rings is 1. The normalized spacial score (nSPS) is 17.8. The molecule has 5 nitrogen and oxygen atoms in total. The minimum Gasteiger partial charge on any atom is -0.394 e. The lowest BCUT2D eigenvalue weighted by Gasteiger charge is -2.29. The molecule has 1 fully saturated rings. The van der Waals surface area contributed by atoms with Gasteiger partial charge >= 0.3 is 0 Å². The van der Waals surface area contributed by atoms with Gasteiger partial charge in [-0.25, -0.2) is 4.98 Å². The van der Waals surface area contributed by atoms with Crippen LogP contribution in [0.15, 0.2) is 12.3 Å². The van der Waals surface area contributed by atoms with E-state index in [2.05, 4.69) is 15.2 Å². The molecule has 1 aliphatic heterocycles. The largest absolute Gasteiger partial charge is 0.394 e. The molecule has 2 heterocycles. The summed E-state index contributed by atoms with van der Waals surface area (Å²) in [6.45, 7) is 5.77. The first-order valence-corrected chi connectivity index (χ1v) is 6.41. The number of aryl methyl sites for hydroxylation is 1. The van der Waals surface area contributed by atoms with Crippen molar-refractivity contribution in [1.29, 1.82) is 0 Å². The fraction of sp³-hybridized carbons (Fsp3) is 0.615. The second-order valence-corrected chi connectivity index (χ2v) is 4.76. The van der Waals surface area contributed by atoms with Gasteiger partial charge in [0.25, 0.3) is 0 Å². The van der Waals surface area contributed by atoms with Gasteiger partial charge in [0, 0.05) is 38.8 Å². The number of hydrogen-bond acceptors (Lipinski definition) is 5. The van der Waals surface area contributed by atoms with Crippen molar-refractivity contribution >= 4 is 5.82 Å². The number of aromatic nitrogens is 1. The fourth-order valence-electron chi connectivity index (χ4n) is 2.28. The summed E-state index contributed by atoms with van der Waals surface area (Å²) in [6.07, 6.45) is 1.55. The predicted molar refractivity (Wildman–Crippen MR) is 70.9 cm³/mol. The first-order valence-electron chi connectivity index (χ1n) is 6.41. The summed E-state index contributed by atoms with van der Waals surface area (Å²) in [5, 5.41) is 21.6. The van der Waals surface area contributed by atoms with Crippen molar-refractivity contribution in [1.82, 2.24) is 10.3 Å². The third-order valence-electron chi connectivity index (χ3n) is 3.21. The summed E-state index contributed by atoms with van der Waals surface area (Å²) in [5.74, 6) is 1.03. The maximum Gasteiger partial charge on any atom is 0.131 e. The minimum absolute atomic E-state index is 0.210.